The molecule has 0 aliphatic heterocycles. The number of ether oxygens (including phenoxy) is 1. The van der Waals surface area contributed by atoms with Crippen LogP contribution in [0.5, 0.6) is 11.5 Å². The summed E-state index contributed by atoms with van der Waals surface area (Å²) in [5.41, 5.74) is 0.608. The molecule has 0 radical (unpaired) electrons. The zero-order chi connectivity index (χ0) is 20.5. The molecule has 5 nitrogen and oxygen atoms in total. The average molecular weight is 422 g/mol. The molecule has 28 heavy (non-hydrogen) atoms. The Kier molecular flexibility index (Phi) is 6.04. The van der Waals surface area contributed by atoms with Crippen molar-refractivity contribution < 1.29 is 13.3 Å². The fraction of sp³-hybridized carbons (Fsp3) is 0.400. The minimum Gasteiger partial charge on any atom is -0.451 e. The number of hydrogen-bond acceptors (Lipinski definition) is 4. The van der Waals surface area contributed by atoms with Crippen LogP contribution >= 0.6 is 11.6 Å². The summed E-state index contributed by atoms with van der Waals surface area (Å²) < 4.78 is 36.1. The molecular formula is C20H21ClFN3O2S. The van der Waals surface area contributed by atoms with Crippen molar-refractivity contribution in [3.8, 4) is 17.6 Å². The molecule has 1 aromatic carbocycles. The van der Waals surface area contributed by atoms with Crippen LogP contribution in [0, 0.1) is 23.1 Å². The fourth-order valence-electron chi connectivity index (χ4n) is 2.64. The molecule has 0 unspecified atom stereocenters. The number of nitrogens with zero attached hydrogens (tertiary/aromatic N) is 2. The van der Waals surface area contributed by atoms with E-state index < -0.39 is 27.6 Å². The van der Waals surface area contributed by atoms with E-state index in [-0.39, 0.29) is 28.1 Å². The highest BCUT2D eigenvalue weighted by Gasteiger charge is 2.37. The number of nitriles is 1. The first-order valence-corrected chi connectivity index (χ1v) is 10.4. The number of rotatable bonds is 6. The predicted molar refractivity (Wildman–Crippen MR) is 107 cm³/mol. The summed E-state index contributed by atoms with van der Waals surface area (Å²) in [6, 6.07) is 7.71. The van der Waals surface area contributed by atoms with Crippen LogP contribution in [-0.4, -0.2) is 13.9 Å². The van der Waals surface area contributed by atoms with Crippen LogP contribution in [0.2, 0.25) is 5.02 Å². The van der Waals surface area contributed by atoms with E-state index in [1.54, 1.807) is 12.1 Å². The van der Waals surface area contributed by atoms with Crippen molar-refractivity contribution in [2.24, 2.45) is 5.92 Å². The molecule has 0 bridgehead atoms. The first-order valence-electron chi connectivity index (χ1n) is 8.90. The second kappa shape index (κ2) is 8.16. The summed E-state index contributed by atoms with van der Waals surface area (Å²) in [5, 5.41) is 8.95. The molecular weight excluding hydrogens is 401 g/mol. The van der Waals surface area contributed by atoms with E-state index in [0.29, 0.717) is 5.56 Å². The highest BCUT2D eigenvalue weighted by Crippen LogP contribution is 2.45. The lowest BCUT2D eigenvalue weighted by Crippen LogP contribution is -2.36. The van der Waals surface area contributed by atoms with Crippen molar-refractivity contribution in [3.05, 3.63) is 52.6 Å². The third-order valence-corrected chi connectivity index (χ3v) is 6.25. The van der Waals surface area contributed by atoms with Gasteiger partial charge in [-0.15, -0.1) is 0 Å². The van der Waals surface area contributed by atoms with Crippen molar-refractivity contribution in [2.45, 2.75) is 44.4 Å². The second-order valence-electron chi connectivity index (χ2n) is 7.69. The number of hydrogen-bond donors (Lipinski definition) is 1. The van der Waals surface area contributed by atoms with Gasteiger partial charge in [-0.25, -0.2) is 18.3 Å². The molecule has 1 aliphatic rings. The normalized spacial score (nSPS) is 16.3. The molecule has 0 saturated heterocycles. The Morgan fingerprint density at radius 1 is 1.36 bits per heavy atom. The van der Waals surface area contributed by atoms with Crippen LogP contribution in [0.4, 0.5) is 4.39 Å². The van der Waals surface area contributed by atoms with Gasteiger partial charge in [0.25, 0.3) is 0 Å². The SMILES string of the molecule is CC(C)(C)[S@@](=O)N[C@@H](c1ccc(Cl)c(Oc2ccc(C#N)nc2)c1F)C1CC1. The molecule has 1 saturated carbocycles. The summed E-state index contributed by atoms with van der Waals surface area (Å²) >= 11 is 6.17. The first kappa shape index (κ1) is 20.7. The smallest absolute Gasteiger partial charge is 0.182 e. The maximum Gasteiger partial charge on any atom is 0.182 e. The standard InChI is InChI=1S/C20H21ClFN3O2S/c1-20(2,3)28(26)25-18(12-4-5-12)15-8-9-16(21)19(17(15)22)27-14-7-6-13(10-23)24-11-14/h6-9,11-12,18,25H,4-5H2,1-3H3/t18-,28-/m1/s1. The van der Waals surface area contributed by atoms with Crippen molar-refractivity contribution >= 4 is 22.6 Å². The highest BCUT2D eigenvalue weighted by atomic mass is 35.5. The predicted octanol–water partition coefficient (Wildman–Crippen LogP) is 5.04. The summed E-state index contributed by atoms with van der Waals surface area (Å²) in [6.45, 7) is 5.60. The van der Waals surface area contributed by atoms with Gasteiger partial charge in [-0.05, 0) is 57.7 Å². The minimum absolute atomic E-state index is 0.111. The van der Waals surface area contributed by atoms with E-state index in [0.717, 1.165) is 12.8 Å². The molecule has 2 atom stereocenters. The Morgan fingerprint density at radius 3 is 2.61 bits per heavy atom. The minimum atomic E-state index is -1.34. The van der Waals surface area contributed by atoms with Crippen molar-refractivity contribution in [1.29, 1.82) is 5.26 Å². The molecule has 1 fully saturated rings. The Bertz CT molecular complexity index is 934. The van der Waals surface area contributed by atoms with Gasteiger partial charge in [0.2, 0.25) is 0 Å². The zero-order valence-corrected chi connectivity index (χ0v) is 17.4. The number of halogens is 2. The van der Waals surface area contributed by atoms with E-state index in [4.69, 9.17) is 21.6 Å². The number of benzene rings is 1. The molecule has 2 aromatic rings. The van der Waals surface area contributed by atoms with Gasteiger partial charge in [0, 0.05) is 5.56 Å². The van der Waals surface area contributed by atoms with Crippen LogP contribution in [0.15, 0.2) is 30.5 Å². The van der Waals surface area contributed by atoms with E-state index in [9.17, 15) is 4.21 Å². The molecule has 3 rings (SSSR count). The van der Waals surface area contributed by atoms with Crippen LogP contribution < -0.4 is 9.46 Å². The quantitative estimate of drug-likeness (QED) is 0.708. The van der Waals surface area contributed by atoms with Gasteiger partial charge in [0.15, 0.2) is 11.6 Å². The third-order valence-electron chi connectivity index (χ3n) is 4.37. The Hall–Kier alpha value is -2.01. The molecule has 148 valence electrons. The van der Waals surface area contributed by atoms with Gasteiger partial charge in [-0.2, -0.15) is 5.26 Å². The van der Waals surface area contributed by atoms with E-state index >= 15 is 4.39 Å². The molecule has 1 N–H and O–H groups in total. The third kappa shape index (κ3) is 4.69. The lowest BCUT2D eigenvalue weighted by atomic mass is 10.0. The molecule has 0 spiro atoms. The average Bonchev–Trinajstić information content (AvgIpc) is 3.48. The van der Waals surface area contributed by atoms with Gasteiger partial charge in [-0.3, -0.25) is 0 Å². The number of nitrogens with one attached hydrogen (secondary N) is 1. The molecule has 8 heteroatoms. The number of aromatic nitrogens is 1. The van der Waals surface area contributed by atoms with Crippen LogP contribution in [0.3, 0.4) is 0 Å². The Morgan fingerprint density at radius 2 is 2.07 bits per heavy atom. The zero-order valence-electron chi connectivity index (χ0n) is 15.8. The lowest BCUT2D eigenvalue weighted by molar-refractivity contribution is 0.427. The summed E-state index contributed by atoms with van der Waals surface area (Å²) in [4.78, 5) is 3.91. The Balaban J connectivity index is 1.92. The van der Waals surface area contributed by atoms with Gasteiger partial charge in [-0.1, -0.05) is 17.7 Å². The van der Waals surface area contributed by atoms with E-state index in [1.807, 2.05) is 26.8 Å². The maximum absolute atomic E-state index is 15.3. The first-order chi connectivity index (χ1) is 13.2. The van der Waals surface area contributed by atoms with Crippen molar-refractivity contribution in [2.75, 3.05) is 0 Å². The summed E-state index contributed by atoms with van der Waals surface area (Å²) in [5.74, 6) is -0.218. The van der Waals surface area contributed by atoms with E-state index in [1.165, 1.54) is 18.3 Å². The van der Waals surface area contributed by atoms with Gasteiger partial charge in [0.05, 0.1) is 33.0 Å². The monoisotopic (exact) mass is 421 g/mol. The molecule has 1 heterocycles. The summed E-state index contributed by atoms with van der Waals surface area (Å²) in [7, 11) is -1.34. The van der Waals surface area contributed by atoms with Crippen LogP contribution in [-0.2, 0) is 11.0 Å². The van der Waals surface area contributed by atoms with Crippen molar-refractivity contribution in [1.82, 2.24) is 9.71 Å². The Labute approximate surface area is 171 Å². The lowest BCUT2D eigenvalue weighted by Gasteiger charge is -2.25. The van der Waals surface area contributed by atoms with E-state index in [2.05, 4.69) is 9.71 Å². The van der Waals surface area contributed by atoms with Crippen molar-refractivity contribution in [3.63, 3.8) is 0 Å². The topological polar surface area (TPSA) is 75.0 Å². The largest absolute Gasteiger partial charge is 0.451 e. The van der Waals surface area contributed by atoms with Gasteiger partial charge < -0.3 is 4.74 Å². The van der Waals surface area contributed by atoms with Gasteiger partial charge in [0.1, 0.15) is 17.5 Å². The molecule has 1 aromatic heterocycles. The molecule has 1 aliphatic carbocycles. The second-order valence-corrected chi connectivity index (χ2v) is 10.1. The molecule has 0 amide bonds. The van der Waals surface area contributed by atoms with Crippen LogP contribution in [0.1, 0.15) is 50.9 Å². The summed E-state index contributed by atoms with van der Waals surface area (Å²) in [6.07, 6.45) is 3.22. The maximum atomic E-state index is 15.3. The number of pyridine rings is 1. The van der Waals surface area contributed by atoms with Crippen LogP contribution in [0.25, 0.3) is 0 Å². The highest BCUT2D eigenvalue weighted by molar-refractivity contribution is 7.84. The van der Waals surface area contributed by atoms with Gasteiger partial charge >= 0.3 is 0 Å². The fourth-order valence-corrected chi connectivity index (χ4v) is 3.73.